The Morgan fingerprint density at radius 1 is 1.31 bits per heavy atom. The van der Waals surface area contributed by atoms with Gasteiger partial charge in [-0.15, -0.1) is 0 Å². The minimum Gasteiger partial charge on any atom is -0.343 e. The molecule has 4 nitrogen and oxygen atoms in total. The molecule has 1 aromatic heterocycles. The number of aromatic nitrogens is 2. The molecule has 0 spiro atoms. The highest BCUT2D eigenvalue weighted by Crippen LogP contribution is 2.10. The Balaban J connectivity index is 1.78. The van der Waals surface area contributed by atoms with Crippen LogP contribution in [0.5, 0.6) is 0 Å². The third-order valence-corrected chi connectivity index (χ3v) is 2.51. The van der Waals surface area contributed by atoms with Gasteiger partial charge in [0.2, 0.25) is 6.39 Å². The minimum atomic E-state index is 0.341. The van der Waals surface area contributed by atoms with Crippen molar-refractivity contribution in [3.8, 4) is 0 Å². The smallest absolute Gasteiger partial charge is 0.213 e. The van der Waals surface area contributed by atoms with Gasteiger partial charge < -0.3 is 9.84 Å². The van der Waals surface area contributed by atoms with E-state index in [0.717, 1.165) is 18.8 Å². The topological polar surface area (TPSA) is 51.0 Å². The summed E-state index contributed by atoms with van der Waals surface area (Å²) >= 11 is 0. The number of nitrogens with zero attached hydrogens (tertiary/aromatic N) is 2. The predicted octanol–water partition coefficient (Wildman–Crippen LogP) is 1.96. The summed E-state index contributed by atoms with van der Waals surface area (Å²) in [6.07, 6.45) is 2.14. The second-order valence-electron chi connectivity index (χ2n) is 3.68. The van der Waals surface area contributed by atoms with Crippen LogP contribution in [0.1, 0.15) is 24.4 Å². The fourth-order valence-electron chi connectivity index (χ4n) is 1.56. The lowest BCUT2D eigenvalue weighted by molar-refractivity contribution is 0.408. The number of nitrogens with one attached hydrogen (secondary N) is 1. The Hall–Kier alpha value is -1.68. The van der Waals surface area contributed by atoms with Gasteiger partial charge in [-0.25, -0.2) is 0 Å². The lowest BCUT2D eigenvalue weighted by Gasteiger charge is -2.13. The van der Waals surface area contributed by atoms with E-state index in [9.17, 15) is 0 Å². The van der Waals surface area contributed by atoms with Gasteiger partial charge in [0.05, 0.1) is 0 Å². The van der Waals surface area contributed by atoms with Crippen LogP contribution < -0.4 is 5.32 Å². The highest BCUT2D eigenvalue weighted by Gasteiger charge is 2.04. The first kappa shape index (κ1) is 10.8. The standard InChI is InChI=1S/C12H15N3O/c1-10(11-5-3-2-4-6-11)13-8-7-12-14-9-16-15-12/h2-6,9-10,13H,7-8H2,1H3. The lowest BCUT2D eigenvalue weighted by Crippen LogP contribution is -2.21. The first-order valence-electron chi connectivity index (χ1n) is 5.40. The summed E-state index contributed by atoms with van der Waals surface area (Å²) in [5, 5.41) is 7.18. The third-order valence-electron chi connectivity index (χ3n) is 2.51. The molecule has 0 aliphatic carbocycles. The molecule has 16 heavy (non-hydrogen) atoms. The highest BCUT2D eigenvalue weighted by molar-refractivity contribution is 5.17. The molecule has 0 saturated heterocycles. The molecule has 4 heteroatoms. The summed E-state index contributed by atoms with van der Waals surface area (Å²) < 4.78 is 4.67. The zero-order valence-electron chi connectivity index (χ0n) is 9.26. The average Bonchev–Trinajstić information content (AvgIpc) is 2.83. The Morgan fingerprint density at radius 3 is 2.81 bits per heavy atom. The second-order valence-corrected chi connectivity index (χ2v) is 3.68. The average molecular weight is 217 g/mol. The quantitative estimate of drug-likeness (QED) is 0.831. The maximum Gasteiger partial charge on any atom is 0.213 e. The van der Waals surface area contributed by atoms with Crippen LogP contribution in [0.15, 0.2) is 41.2 Å². The highest BCUT2D eigenvalue weighted by atomic mass is 16.5. The molecule has 0 saturated carbocycles. The van der Waals surface area contributed by atoms with Crippen molar-refractivity contribution < 1.29 is 4.52 Å². The summed E-state index contributed by atoms with van der Waals surface area (Å²) in [6, 6.07) is 10.7. The van der Waals surface area contributed by atoms with E-state index in [-0.39, 0.29) is 0 Å². The molecule has 0 amide bonds. The van der Waals surface area contributed by atoms with Gasteiger partial charge in [-0.3, -0.25) is 0 Å². The van der Waals surface area contributed by atoms with Crippen molar-refractivity contribution in [2.24, 2.45) is 0 Å². The van der Waals surface area contributed by atoms with Gasteiger partial charge in [0.25, 0.3) is 0 Å². The Morgan fingerprint density at radius 2 is 2.12 bits per heavy atom. The number of hydrogen-bond acceptors (Lipinski definition) is 4. The van der Waals surface area contributed by atoms with Crippen LogP contribution in [0, 0.1) is 0 Å². The van der Waals surface area contributed by atoms with Crippen molar-refractivity contribution in [3.63, 3.8) is 0 Å². The number of benzene rings is 1. The van der Waals surface area contributed by atoms with Gasteiger partial charge in [-0.2, -0.15) is 4.98 Å². The molecule has 0 radical (unpaired) electrons. The van der Waals surface area contributed by atoms with E-state index >= 15 is 0 Å². The van der Waals surface area contributed by atoms with Gasteiger partial charge in [0.15, 0.2) is 5.82 Å². The van der Waals surface area contributed by atoms with Crippen molar-refractivity contribution in [2.75, 3.05) is 6.54 Å². The van der Waals surface area contributed by atoms with Crippen LogP contribution in [0.4, 0.5) is 0 Å². The van der Waals surface area contributed by atoms with Gasteiger partial charge in [0, 0.05) is 19.0 Å². The summed E-state index contributed by atoms with van der Waals surface area (Å²) in [7, 11) is 0. The number of rotatable bonds is 5. The number of hydrogen-bond donors (Lipinski definition) is 1. The van der Waals surface area contributed by atoms with E-state index < -0.39 is 0 Å². The summed E-state index contributed by atoms with van der Waals surface area (Å²) in [5.41, 5.74) is 1.29. The molecule has 0 aliphatic rings. The van der Waals surface area contributed by atoms with Crippen LogP contribution in [0.2, 0.25) is 0 Å². The summed E-state index contributed by atoms with van der Waals surface area (Å²) in [4.78, 5) is 3.97. The van der Waals surface area contributed by atoms with Crippen molar-refractivity contribution in [2.45, 2.75) is 19.4 Å². The van der Waals surface area contributed by atoms with Crippen LogP contribution in [-0.4, -0.2) is 16.7 Å². The maximum atomic E-state index is 4.67. The molecule has 84 valence electrons. The Labute approximate surface area is 94.7 Å². The summed E-state index contributed by atoms with van der Waals surface area (Å²) in [6.45, 7) is 2.99. The third kappa shape index (κ3) is 2.90. The Kier molecular flexibility index (Phi) is 3.66. The van der Waals surface area contributed by atoms with Gasteiger partial charge in [-0.1, -0.05) is 35.5 Å². The molecule has 1 unspecified atom stereocenters. The molecule has 0 aliphatic heterocycles. The molecule has 0 fully saturated rings. The molecule has 2 aromatic rings. The van der Waals surface area contributed by atoms with Crippen LogP contribution in [0.25, 0.3) is 0 Å². The van der Waals surface area contributed by atoms with Crippen LogP contribution in [0.3, 0.4) is 0 Å². The van der Waals surface area contributed by atoms with Crippen molar-refractivity contribution >= 4 is 0 Å². The molecule has 1 aromatic carbocycles. The van der Waals surface area contributed by atoms with E-state index in [0.29, 0.717) is 6.04 Å². The van der Waals surface area contributed by atoms with Gasteiger partial charge in [-0.05, 0) is 12.5 Å². The minimum absolute atomic E-state index is 0.341. The first-order valence-corrected chi connectivity index (χ1v) is 5.40. The first-order chi connectivity index (χ1) is 7.86. The van der Waals surface area contributed by atoms with E-state index in [1.807, 2.05) is 18.2 Å². The lowest BCUT2D eigenvalue weighted by atomic mass is 10.1. The fourth-order valence-corrected chi connectivity index (χ4v) is 1.56. The zero-order chi connectivity index (χ0) is 11.2. The van der Waals surface area contributed by atoms with E-state index in [4.69, 9.17) is 0 Å². The molecule has 1 heterocycles. The van der Waals surface area contributed by atoms with E-state index in [1.165, 1.54) is 12.0 Å². The van der Waals surface area contributed by atoms with Crippen molar-refractivity contribution in [1.82, 2.24) is 15.5 Å². The monoisotopic (exact) mass is 217 g/mol. The molecule has 1 atom stereocenters. The normalized spacial score (nSPS) is 12.6. The van der Waals surface area contributed by atoms with Crippen molar-refractivity contribution in [1.29, 1.82) is 0 Å². The zero-order valence-corrected chi connectivity index (χ0v) is 9.26. The molecular formula is C12H15N3O. The largest absolute Gasteiger partial charge is 0.343 e. The van der Waals surface area contributed by atoms with Crippen LogP contribution in [-0.2, 0) is 6.42 Å². The maximum absolute atomic E-state index is 4.67. The van der Waals surface area contributed by atoms with E-state index in [2.05, 4.69) is 39.0 Å². The summed E-state index contributed by atoms with van der Waals surface area (Å²) in [5.74, 6) is 0.743. The molecule has 0 bridgehead atoms. The predicted molar refractivity (Wildman–Crippen MR) is 60.9 cm³/mol. The van der Waals surface area contributed by atoms with Gasteiger partial charge >= 0.3 is 0 Å². The second kappa shape index (κ2) is 5.42. The van der Waals surface area contributed by atoms with E-state index in [1.54, 1.807) is 0 Å². The van der Waals surface area contributed by atoms with Gasteiger partial charge in [0.1, 0.15) is 0 Å². The molecule has 1 N–H and O–H groups in total. The Bertz CT molecular complexity index is 399. The SMILES string of the molecule is CC(NCCc1ncon1)c1ccccc1. The fraction of sp³-hybridized carbons (Fsp3) is 0.333. The molecular weight excluding hydrogens is 202 g/mol. The van der Waals surface area contributed by atoms with Crippen molar-refractivity contribution in [3.05, 3.63) is 48.1 Å². The molecule has 2 rings (SSSR count). The van der Waals surface area contributed by atoms with Crippen LogP contribution >= 0.6 is 0 Å².